The highest BCUT2D eigenvalue weighted by atomic mass is 35.5. The number of aryl methyl sites for hydroxylation is 1. The molecule has 0 radical (unpaired) electrons. The quantitative estimate of drug-likeness (QED) is 0.301. The molecule has 1 unspecified atom stereocenters. The Bertz CT molecular complexity index is 1790. The van der Waals surface area contributed by atoms with Crippen molar-refractivity contribution in [3.05, 3.63) is 70.3 Å². The summed E-state index contributed by atoms with van der Waals surface area (Å²) in [6.07, 6.45) is 15.6. The molecule has 1 N–H and O–H groups in total. The highest BCUT2D eigenvalue weighted by Gasteiger charge is 2.48. The summed E-state index contributed by atoms with van der Waals surface area (Å²) < 4.78 is 48.6. The number of morpholine rings is 1. The first-order valence-corrected chi connectivity index (χ1v) is 20.5. The molecule has 51 heavy (non-hydrogen) atoms. The van der Waals surface area contributed by atoms with Crippen molar-refractivity contribution in [2.24, 2.45) is 23.7 Å². The van der Waals surface area contributed by atoms with Gasteiger partial charge in [0.15, 0.2) is 0 Å². The van der Waals surface area contributed by atoms with E-state index in [9.17, 15) is 13.2 Å². The topological polar surface area (TPSA) is 97.4 Å². The van der Waals surface area contributed by atoms with E-state index in [2.05, 4.69) is 32.6 Å². The van der Waals surface area contributed by atoms with Gasteiger partial charge in [-0.25, -0.2) is 13.1 Å². The number of nitrogens with one attached hydrogen (secondary N) is 1. The summed E-state index contributed by atoms with van der Waals surface area (Å²) in [4.78, 5) is 18.3. The molecule has 2 fully saturated rings. The minimum absolute atomic E-state index is 0.0692. The summed E-state index contributed by atoms with van der Waals surface area (Å²) in [5.41, 5.74) is 2.49. The molecule has 5 aliphatic rings. The van der Waals surface area contributed by atoms with E-state index in [1.54, 1.807) is 19.1 Å². The van der Waals surface area contributed by atoms with Crippen molar-refractivity contribution in [2.75, 3.05) is 57.4 Å². The third-order valence-corrected chi connectivity index (χ3v) is 14.2. The molecule has 3 heterocycles. The average molecular weight is 736 g/mol. The maximum absolute atomic E-state index is 13.6. The van der Waals surface area contributed by atoms with Crippen LogP contribution in [-0.2, 0) is 25.9 Å². The first-order chi connectivity index (χ1) is 24.6. The van der Waals surface area contributed by atoms with E-state index in [-0.39, 0.29) is 35.3 Å². The first kappa shape index (κ1) is 36.3. The molecule has 1 saturated heterocycles. The van der Waals surface area contributed by atoms with Crippen molar-refractivity contribution < 1.29 is 27.4 Å². The molecule has 7 atom stereocenters. The van der Waals surface area contributed by atoms with Crippen molar-refractivity contribution in [1.82, 2.24) is 9.62 Å². The van der Waals surface area contributed by atoms with Crippen molar-refractivity contribution in [1.29, 1.82) is 0 Å². The second-order valence-corrected chi connectivity index (χ2v) is 17.6. The fourth-order valence-electron chi connectivity index (χ4n) is 8.59. The molecule has 11 heteroatoms. The lowest BCUT2D eigenvalue weighted by atomic mass is 9.64. The van der Waals surface area contributed by atoms with E-state index in [1.165, 1.54) is 5.56 Å². The number of anilines is 1. The van der Waals surface area contributed by atoms with Crippen molar-refractivity contribution in [3.63, 3.8) is 0 Å². The van der Waals surface area contributed by atoms with Gasteiger partial charge in [-0.2, -0.15) is 0 Å². The highest BCUT2D eigenvalue weighted by molar-refractivity contribution is 7.90. The largest absolute Gasteiger partial charge is 0.483 e. The zero-order valence-electron chi connectivity index (χ0n) is 29.7. The van der Waals surface area contributed by atoms with Crippen LogP contribution >= 0.6 is 11.6 Å². The highest BCUT2D eigenvalue weighted by Crippen LogP contribution is 2.49. The summed E-state index contributed by atoms with van der Waals surface area (Å²) >= 11 is 6.44. The molecule has 2 aliphatic carbocycles. The van der Waals surface area contributed by atoms with Gasteiger partial charge in [0, 0.05) is 55.1 Å². The maximum Gasteiger partial charge on any atom is 0.264 e. The smallest absolute Gasteiger partial charge is 0.264 e. The Balaban J connectivity index is 1.26. The molecule has 0 spiro atoms. The third-order valence-electron chi connectivity index (χ3n) is 12.0. The van der Waals surface area contributed by atoms with Crippen LogP contribution in [0.1, 0.15) is 73.5 Å². The van der Waals surface area contributed by atoms with Gasteiger partial charge < -0.3 is 19.1 Å². The van der Waals surface area contributed by atoms with Gasteiger partial charge in [0.1, 0.15) is 17.5 Å². The molecular weight excluding hydrogens is 686 g/mol. The van der Waals surface area contributed by atoms with E-state index >= 15 is 0 Å². The summed E-state index contributed by atoms with van der Waals surface area (Å²) in [5.74, 6) is 3.35. The average Bonchev–Trinajstić information content (AvgIpc) is 3.36. The number of nitrogens with zero attached hydrogens (tertiary/aromatic N) is 2. The molecule has 2 aromatic rings. The SMILES string of the molecule is C#C[C@@]1(OCCN2CCOCC2)/C=C/C[C@H](C)[C@@H](C)S(=O)(=O)NC(=O)c2ccc3c(c2)N(C[C@H]2CCCc4cc(Cl)ccc4C2O3)C[C@@H]2CC[C@H]21. The van der Waals surface area contributed by atoms with Crippen LogP contribution in [-0.4, -0.2) is 82.6 Å². The van der Waals surface area contributed by atoms with Crippen LogP contribution in [0.3, 0.4) is 0 Å². The van der Waals surface area contributed by atoms with Crippen LogP contribution in [0.15, 0.2) is 48.6 Å². The lowest BCUT2D eigenvalue weighted by Crippen LogP contribution is -2.52. The Kier molecular flexibility index (Phi) is 10.8. The molecule has 2 bridgehead atoms. The van der Waals surface area contributed by atoms with Crippen LogP contribution in [0.4, 0.5) is 5.69 Å². The van der Waals surface area contributed by atoms with Gasteiger partial charge in [0.25, 0.3) is 5.91 Å². The molecular formula is C40H50ClN3O6S. The number of rotatable bonds is 4. The Hall–Kier alpha value is -3.07. The van der Waals surface area contributed by atoms with Crippen molar-refractivity contribution in [3.8, 4) is 18.1 Å². The zero-order chi connectivity index (χ0) is 35.8. The number of carbonyl (C=O) groups is 1. The Morgan fingerprint density at radius 1 is 1.08 bits per heavy atom. The van der Waals surface area contributed by atoms with Gasteiger partial charge in [-0.3, -0.25) is 9.69 Å². The Morgan fingerprint density at radius 3 is 2.65 bits per heavy atom. The maximum atomic E-state index is 13.6. The van der Waals surface area contributed by atoms with Crippen LogP contribution in [0.2, 0.25) is 5.02 Å². The van der Waals surface area contributed by atoms with Gasteiger partial charge >= 0.3 is 0 Å². The van der Waals surface area contributed by atoms with Crippen LogP contribution in [0.5, 0.6) is 5.75 Å². The summed E-state index contributed by atoms with van der Waals surface area (Å²) in [6, 6.07) is 11.4. The predicted octanol–water partition coefficient (Wildman–Crippen LogP) is 6.02. The monoisotopic (exact) mass is 735 g/mol. The van der Waals surface area contributed by atoms with Crippen molar-refractivity contribution in [2.45, 2.75) is 69.3 Å². The number of halogens is 1. The first-order valence-electron chi connectivity index (χ1n) is 18.6. The van der Waals surface area contributed by atoms with E-state index in [1.807, 2.05) is 31.2 Å². The third kappa shape index (κ3) is 7.56. The molecule has 2 aromatic carbocycles. The number of terminal acetylenes is 1. The number of sulfonamides is 1. The minimum Gasteiger partial charge on any atom is -0.483 e. The van der Waals surface area contributed by atoms with Crippen LogP contribution < -0.4 is 14.4 Å². The van der Waals surface area contributed by atoms with Gasteiger partial charge in [0.2, 0.25) is 10.0 Å². The summed E-state index contributed by atoms with van der Waals surface area (Å²) in [5, 5.41) is -0.102. The number of hydrogen-bond acceptors (Lipinski definition) is 8. The van der Waals surface area contributed by atoms with E-state index in [4.69, 9.17) is 32.2 Å². The Morgan fingerprint density at radius 2 is 1.88 bits per heavy atom. The second kappa shape index (κ2) is 15.1. The number of hydrogen-bond donors (Lipinski definition) is 1. The number of carbonyl (C=O) groups excluding carboxylic acids is 1. The molecule has 3 aliphatic heterocycles. The van der Waals surface area contributed by atoms with Gasteiger partial charge in [-0.1, -0.05) is 36.6 Å². The molecule has 0 aromatic heterocycles. The number of ether oxygens (including phenoxy) is 3. The fraction of sp³-hybridized carbons (Fsp3) is 0.575. The standard InChI is InChI=1S/C40H50ClN3O6S/c1-4-40(49-22-19-43-17-20-48-21-18-43)16-6-7-27(2)28(3)51(46,47)42-39(45)30-11-15-37-36(24-30)44(25-31-10-14-35(31)40)26-32-9-5-8-29-23-33(41)12-13-34(29)38(32)50-37/h1,6,11-13,15-16,23-24,27-28,31-32,35,38H,5,7-10,14,17-22,25-26H2,2-3H3,(H,42,45)/b16-6+/t27-,28+,31-,32+,35+,38?,40+/m0/s1. The number of benzene rings is 2. The predicted molar refractivity (Wildman–Crippen MR) is 200 cm³/mol. The van der Waals surface area contributed by atoms with E-state index in [0.29, 0.717) is 38.5 Å². The Labute approximate surface area is 308 Å². The molecule has 274 valence electrons. The fourth-order valence-corrected chi connectivity index (χ4v) is 10.1. The van der Waals surface area contributed by atoms with Gasteiger partial charge in [-0.05, 0) is 105 Å². The summed E-state index contributed by atoms with van der Waals surface area (Å²) in [7, 11) is -3.98. The van der Waals surface area contributed by atoms with E-state index < -0.39 is 26.8 Å². The number of amides is 1. The number of fused-ring (bicyclic) bond motifs is 5. The van der Waals surface area contributed by atoms with Crippen LogP contribution in [0, 0.1) is 36.0 Å². The summed E-state index contributed by atoms with van der Waals surface area (Å²) in [6.45, 7) is 9.38. The lowest BCUT2D eigenvalue weighted by molar-refractivity contribution is -0.0703. The van der Waals surface area contributed by atoms with Crippen LogP contribution in [0.25, 0.3) is 0 Å². The molecule has 7 rings (SSSR count). The van der Waals surface area contributed by atoms with Gasteiger partial charge in [-0.15, -0.1) is 6.42 Å². The number of allylic oxidation sites excluding steroid dienone is 1. The van der Waals surface area contributed by atoms with Gasteiger partial charge in [0.05, 0.1) is 30.8 Å². The molecule has 9 nitrogen and oxygen atoms in total. The minimum atomic E-state index is -3.98. The molecule has 1 saturated carbocycles. The van der Waals surface area contributed by atoms with Crippen molar-refractivity contribution >= 4 is 33.2 Å². The normalized spacial score (nSPS) is 33.0. The second-order valence-electron chi connectivity index (χ2n) is 15.1. The lowest BCUT2D eigenvalue weighted by Gasteiger charge is -2.48. The molecule has 1 amide bonds. The van der Waals surface area contributed by atoms with E-state index in [0.717, 1.165) is 74.6 Å². The zero-order valence-corrected chi connectivity index (χ0v) is 31.3.